The molecule has 8 aromatic rings. The highest BCUT2D eigenvalue weighted by molar-refractivity contribution is 7.25. The second-order valence-electron chi connectivity index (χ2n) is 12.3. The zero-order valence-electron chi connectivity index (χ0n) is 26.1. The molecule has 2 nitrogen and oxygen atoms in total. The highest BCUT2D eigenvalue weighted by Crippen LogP contribution is 2.43. The Morgan fingerprint density at radius 2 is 1.22 bits per heavy atom. The van der Waals surface area contributed by atoms with E-state index in [1.165, 1.54) is 81.7 Å². The Bertz CT molecular complexity index is 2300. The van der Waals surface area contributed by atoms with Gasteiger partial charge in [-0.05, 0) is 65.4 Å². The molecule has 0 aliphatic heterocycles. The number of aromatic nitrogens is 2. The van der Waals surface area contributed by atoms with Crippen LogP contribution in [0.15, 0.2) is 133 Å². The van der Waals surface area contributed by atoms with E-state index in [1.54, 1.807) is 0 Å². The second-order valence-corrected chi connectivity index (χ2v) is 13.4. The number of rotatable bonds is 5. The van der Waals surface area contributed by atoms with E-state index >= 15 is 0 Å². The van der Waals surface area contributed by atoms with Crippen LogP contribution in [0.2, 0.25) is 0 Å². The highest BCUT2D eigenvalue weighted by atomic mass is 32.1. The molecule has 0 bridgehead atoms. The lowest BCUT2D eigenvalue weighted by Crippen LogP contribution is -2.30. The fraction of sp³-hybridized carbons (Fsp3) is 0.119. The van der Waals surface area contributed by atoms with Gasteiger partial charge in [0.15, 0.2) is 11.0 Å². The molecule has 45 heavy (non-hydrogen) atoms. The van der Waals surface area contributed by atoms with Crippen LogP contribution >= 0.6 is 11.3 Å². The first-order valence-electron chi connectivity index (χ1n) is 15.7. The monoisotopic (exact) mass is 599 g/mol. The van der Waals surface area contributed by atoms with Crippen molar-refractivity contribution in [2.75, 3.05) is 0 Å². The maximum absolute atomic E-state index is 2.51. The zero-order valence-corrected chi connectivity index (χ0v) is 26.9. The maximum atomic E-state index is 2.51. The molecule has 8 rings (SSSR count). The van der Waals surface area contributed by atoms with Crippen LogP contribution in [-0.4, -0.2) is 4.57 Å². The van der Waals surface area contributed by atoms with Crippen LogP contribution in [0.1, 0.15) is 30.9 Å². The topological polar surface area (TPSA) is 8.81 Å². The molecule has 0 radical (unpaired) electrons. The van der Waals surface area contributed by atoms with Gasteiger partial charge in [0.2, 0.25) is 0 Å². The van der Waals surface area contributed by atoms with Gasteiger partial charge in [0.25, 0.3) is 5.82 Å². The van der Waals surface area contributed by atoms with E-state index in [2.05, 4.69) is 170 Å². The van der Waals surface area contributed by atoms with Crippen molar-refractivity contribution in [3.05, 3.63) is 145 Å². The zero-order chi connectivity index (χ0) is 30.7. The van der Waals surface area contributed by atoms with Gasteiger partial charge in [-0.2, -0.15) is 4.57 Å². The molecule has 0 amide bonds. The van der Waals surface area contributed by atoms with Gasteiger partial charge >= 0.3 is 0 Å². The van der Waals surface area contributed by atoms with Crippen molar-refractivity contribution >= 4 is 42.5 Å². The lowest BCUT2D eigenvalue weighted by atomic mass is 9.95. The van der Waals surface area contributed by atoms with E-state index in [4.69, 9.17) is 0 Å². The van der Waals surface area contributed by atoms with Gasteiger partial charge in [0.05, 0.1) is 12.6 Å². The molecular weight excluding hydrogens is 565 g/mol. The molecule has 0 aliphatic rings. The quantitative estimate of drug-likeness (QED) is 0.174. The van der Waals surface area contributed by atoms with Crippen LogP contribution in [-0.2, 0) is 7.05 Å². The number of aryl methyl sites for hydroxylation is 2. The fourth-order valence-corrected chi connectivity index (χ4v) is 8.10. The van der Waals surface area contributed by atoms with Crippen molar-refractivity contribution in [2.24, 2.45) is 7.05 Å². The minimum absolute atomic E-state index is 0.509. The number of hydrogen-bond acceptors (Lipinski definition) is 1. The summed E-state index contributed by atoms with van der Waals surface area (Å²) in [6.45, 7) is 6.81. The van der Waals surface area contributed by atoms with E-state index in [1.807, 2.05) is 11.3 Å². The SMILES string of the molecule is Cc1cc2sc3cc(C(C)C)ccc3c2cc1-c1n(-c2c(-c3ccccc3)cccc2-c2ccccc2)c2ccccc2[n+]1C. The summed E-state index contributed by atoms with van der Waals surface area (Å²) in [7, 11) is 2.21. The summed E-state index contributed by atoms with van der Waals surface area (Å²) in [4.78, 5) is 0. The normalized spacial score (nSPS) is 11.8. The molecule has 0 aliphatic carbocycles. The van der Waals surface area contributed by atoms with Gasteiger partial charge < -0.3 is 0 Å². The summed E-state index contributed by atoms with van der Waals surface area (Å²) in [6.07, 6.45) is 0. The van der Waals surface area contributed by atoms with Gasteiger partial charge in [-0.25, -0.2) is 4.57 Å². The molecule has 0 N–H and O–H groups in total. The van der Waals surface area contributed by atoms with Crippen molar-refractivity contribution in [2.45, 2.75) is 26.7 Å². The van der Waals surface area contributed by atoms with Crippen molar-refractivity contribution in [1.82, 2.24) is 4.57 Å². The predicted octanol–water partition coefficient (Wildman–Crippen LogP) is 11.3. The summed E-state index contributed by atoms with van der Waals surface area (Å²) in [5.74, 6) is 1.68. The number of hydrogen-bond donors (Lipinski definition) is 0. The van der Waals surface area contributed by atoms with E-state index in [0.717, 1.165) is 0 Å². The minimum atomic E-state index is 0.509. The Hall–Kier alpha value is -4.99. The smallest absolute Gasteiger partial charge is 0.225 e. The minimum Gasteiger partial charge on any atom is -0.225 e. The first kappa shape index (κ1) is 27.6. The van der Waals surface area contributed by atoms with Gasteiger partial charge in [0.1, 0.15) is 5.69 Å². The molecule has 0 fully saturated rings. The standard InChI is InChI=1S/C42H35N2S/c1-27(2)31-22-23-34-36-26-35(28(3)24-39(36)45-40(34)25-31)42-43(4)37-20-11-12-21-38(37)44(42)41-32(29-14-7-5-8-15-29)18-13-19-33(41)30-16-9-6-10-17-30/h5-27H,1-4H3/q+1. The average Bonchev–Trinajstić information content (AvgIpc) is 3.58. The summed E-state index contributed by atoms with van der Waals surface area (Å²) >= 11 is 1.91. The third kappa shape index (κ3) is 4.50. The molecule has 0 atom stereocenters. The van der Waals surface area contributed by atoms with Crippen molar-refractivity contribution < 1.29 is 4.57 Å². The van der Waals surface area contributed by atoms with Crippen molar-refractivity contribution in [1.29, 1.82) is 0 Å². The Labute approximate surface area is 268 Å². The van der Waals surface area contributed by atoms with Crippen LogP contribution in [0, 0.1) is 6.92 Å². The lowest BCUT2D eigenvalue weighted by molar-refractivity contribution is -0.633. The predicted molar refractivity (Wildman–Crippen MR) is 192 cm³/mol. The van der Waals surface area contributed by atoms with Crippen LogP contribution in [0.25, 0.3) is 70.5 Å². The van der Waals surface area contributed by atoms with Crippen molar-refractivity contribution in [3.63, 3.8) is 0 Å². The van der Waals surface area contributed by atoms with Crippen LogP contribution in [0.3, 0.4) is 0 Å². The number of fused-ring (bicyclic) bond motifs is 4. The van der Waals surface area contributed by atoms with Crippen LogP contribution in [0.5, 0.6) is 0 Å². The first-order valence-corrected chi connectivity index (χ1v) is 16.5. The van der Waals surface area contributed by atoms with Crippen LogP contribution in [0.4, 0.5) is 0 Å². The van der Waals surface area contributed by atoms with Gasteiger partial charge in [0, 0.05) is 31.3 Å². The first-order chi connectivity index (χ1) is 22.0. The van der Waals surface area contributed by atoms with Gasteiger partial charge in [-0.3, -0.25) is 0 Å². The fourth-order valence-electron chi connectivity index (χ4n) is 6.87. The molecule has 0 saturated carbocycles. The Balaban J connectivity index is 1.49. The third-order valence-corrected chi connectivity index (χ3v) is 10.3. The van der Waals surface area contributed by atoms with E-state index in [0.29, 0.717) is 5.92 Å². The molecule has 0 unspecified atom stereocenters. The largest absolute Gasteiger partial charge is 0.295 e. The second kappa shape index (κ2) is 10.9. The van der Waals surface area contributed by atoms with E-state index in [9.17, 15) is 0 Å². The van der Waals surface area contributed by atoms with Gasteiger partial charge in [-0.15, -0.1) is 11.3 Å². The number of thiophene rings is 1. The molecule has 3 heteroatoms. The Kier molecular flexibility index (Phi) is 6.65. The number of nitrogens with zero attached hydrogens (tertiary/aromatic N) is 2. The number of imidazole rings is 1. The molecule has 218 valence electrons. The van der Waals surface area contributed by atoms with E-state index < -0.39 is 0 Å². The number of para-hydroxylation sites is 3. The summed E-state index contributed by atoms with van der Waals surface area (Å²) in [5, 5.41) is 2.66. The summed E-state index contributed by atoms with van der Waals surface area (Å²) in [5.41, 5.74) is 12.3. The van der Waals surface area contributed by atoms with Gasteiger partial charge in [-0.1, -0.05) is 117 Å². The van der Waals surface area contributed by atoms with Crippen LogP contribution < -0.4 is 4.57 Å². The molecule has 6 aromatic carbocycles. The third-order valence-electron chi connectivity index (χ3n) is 9.19. The molecule has 0 spiro atoms. The average molecular weight is 600 g/mol. The highest BCUT2D eigenvalue weighted by Gasteiger charge is 2.31. The molecular formula is C42H35N2S+. The molecule has 2 aromatic heterocycles. The lowest BCUT2D eigenvalue weighted by Gasteiger charge is -2.15. The Morgan fingerprint density at radius 1 is 0.600 bits per heavy atom. The molecule has 2 heterocycles. The summed E-state index contributed by atoms with van der Waals surface area (Å²) in [6, 6.07) is 49.0. The Morgan fingerprint density at radius 3 is 1.89 bits per heavy atom. The summed E-state index contributed by atoms with van der Waals surface area (Å²) < 4.78 is 7.59. The maximum Gasteiger partial charge on any atom is 0.295 e. The number of benzene rings is 6. The molecule has 0 saturated heterocycles. The van der Waals surface area contributed by atoms with Crippen molar-refractivity contribution in [3.8, 4) is 39.3 Å². The van der Waals surface area contributed by atoms with E-state index in [-0.39, 0.29) is 0 Å².